The zero-order valence-electron chi connectivity index (χ0n) is 19.5. The van der Waals surface area contributed by atoms with E-state index < -0.39 is 0 Å². The molecule has 1 saturated carbocycles. The third kappa shape index (κ3) is 5.07. The van der Waals surface area contributed by atoms with Crippen LogP contribution in [-0.4, -0.2) is 36.3 Å². The highest BCUT2D eigenvalue weighted by molar-refractivity contribution is 6.02. The number of benzene rings is 2. The first-order chi connectivity index (χ1) is 16.2. The quantitative estimate of drug-likeness (QED) is 0.648. The van der Waals surface area contributed by atoms with Crippen molar-refractivity contribution in [2.75, 3.05) is 29.9 Å². The average molecular weight is 446 g/mol. The Morgan fingerprint density at radius 2 is 1.67 bits per heavy atom. The Labute approximate surface area is 197 Å². The highest BCUT2D eigenvalue weighted by atomic mass is 16.2. The highest BCUT2D eigenvalue weighted by Gasteiger charge is 2.26. The van der Waals surface area contributed by atoms with Crippen molar-refractivity contribution in [3.63, 3.8) is 0 Å². The first kappa shape index (κ1) is 22.0. The summed E-state index contributed by atoms with van der Waals surface area (Å²) in [6, 6.07) is 14.5. The van der Waals surface area contributed by atoms with Crippen LogP contribution < -0.4 is 10.2 Å². The number of rotatable bonds is 6. The molecule has 1 N–H and O–H groups in total. The molecule has 0 spiro atoms. The van der Waals surface area contributed by atoms with Gasteiger partial charge in [0, 0.05) is 44.0 Å². The standard InChI is InChI=1S/C28H35N3O2/c32-27(14-11-21-7-1-2-8-21)29-24-12-13-26(25(19-24)28(33)30-16-5-6-17-30)31-18-15-22-9-3-4-10-23(22)20-31/h3-4,9-10,12-13,19,21H,1-2,5-8,11,14-18,20H2,(H,29,32). The lowest BCUT2D eigenvalue weighted by atomic mass is 9.98. The second-order valence-electron chi connectivity index (χ2n) is 9.91. The van der Waals surface area contributed by atoms with E-state index in [9.17, 15) is 9.59 Å². The smallest absolute Gasteiger partial charge is 0.256 e. The van der Waals surface area contributed by atoms with Gasteiger partial charge in [-0.3, -0.25) is 9.59 Å². The molecule has 0 aromatic heterocycles. The number of likely N-dealkylation sites (tertiary alicyclic amines) is 1. The summed E-state index contributed by atoms with van der Waals surface area (Å²) in [6.07, 6.45) is 9.76. The van der Waals surface area contributed by atoms with Gasteiger partial charge in [0.25, 0.3) is 5.91 Å². The van der Waals surface area contributed by atoms with E-state index in [0.717, 1.165) is 63.2 Å². The predicted molar refractivity (Wildman–Crippen MR) is 133 cm³/mol. The number of hydrogen-bond donors (Lipinski definition) is 1. The number of carbonyl (C=O) groups is 2. The summed E-state index contributed by atoms with van der Waals surface area (Å²) >= 11 is 0. The molecule has 2 amide bonds. The van der Waals surface area contributed by atoms with Crippen molar-refractivity contribution < 1.29 is 9.59 Å². The molecule has 1 aliphatic carbocycles. The lowest BCUT2D eigenvalue weighted by Crippen LogP contribution is -2.34. The summed E-state index contributed by atoms with van der Waals surface area (Å²) in [6.45, 7) is 3.34. The van der Waals surface area contributed by atoms with E-state index in [2.05, 4.69) is 34.5 Å². The van der Waals surface area contributed by atoms with Crippen molar-refractivity contribution in [3.05, 3.63) is 59.2 Å². The monoisotopic (exact) mass is 445 g/mol. The average Bonchev–Trinajstić information content (AvgIpc) is 3.57. The van der Waals surface area contributed by atoms with Gasteiger partial charge in [-0.2, -0.15) is 0 Å². The minimum Gasteiger partial charge on any atom is -0.366 e. The zero-order valence-corrected chi connectivity index (χ0v) is 19.5. The van der Waals surface area contributed by atoms with E-state index in [0.29, 0.717) is 17.9 Å². The van der Waals surface area contributed by atoms with Gasteiger partial charge < -0.3 is 15.1 Å². The van der Waals surface area contributed by atoms with Crippen LogP contribution in [0.1, 0.15) is 72.9 Å². The maximum atomic E-state index is 13.5. The summed E-state index contributed by atoms with van der Waals surface area (Å²) in [5.41, 5.74) is 5.14. The van der Waals surface area contributed by atoms with Crippen molar-refractivity contribution in [2.24, 2.45) is 5.92 Å². The van der Waals surface area contributed by atoms with Crippen LogP contribution >= 0.6 is 0 Å². The Balaban J connectivity index is 1.35. The Hall–Kier alpha value is -2.82. The first-order valence-electron chi connectivity index (χ1n) is 12.7. The highest BCUT2D eigenvalue weighted by Crippen LogP contribution is 2.32. The molecule has 174 valence electrons. The van der Waals surface area contributed by atoms with Gasteiger partial charge in [0.05, 0.1) is 5.56 Å². The second-order valence-corrected chi connectivity index (χ2v) is 9.91. The molecule has 2 aromatic carbocycles. The Morgan fingerprint density at radius 3 is 2.45 bits per heavy atom. The summed E-state index contributed by atoms with van der Waals surface area (Å²) in [7, 11) is 0. The molecular weight excluding hydrogens is 410 g/mol. The maximum Gasteiger partial charge on any atom is 0.256 e. The maximum absolute atomic E-state index is 13.5. The molecule has 5 heteroatoms. The normalized spacial score (nSPS) is 18.4. The molecule has 0 radical (unpaired) electrons. The molecular formula is C28H35N3O2. The Kier molecular flexibility index (Phi) is 6.65. The van der Waals surface area contributed by atoms with E-state index >= 15 is 0 Å². The third-order valence-corrected chi connectivity index (χ3v) is 7.63. The lowest BCUT2D eigenvalue weighted by Gasteiger charge is -2.33. The second kappa shape index (κ2) is 9.98. The SMILES string of the molecule is O=C(CCC1CCCC1)Nc1ccc(N2CCc3ccccc3C2)c(C(=O)N2CCCC2)c1. The number of anilines is 2. The van der Waals surface area contributed by atoms with Crippen molar-refractivity contribution in [1.82, 2.24) is 4.90 Å². The summed E-state index contributed by atoms with van der Waals surface area (Å²) in [4.78, 5) is 30.4. The number of hydrogen-bond acceptors (Lipinski definition) is 3. The van der Waals surface area contributed by atoms with Crippen molar-refractivity contribution in [1.29, 1.82) is 0 Å². The van der Waals surface area contributed by atoms with Gasteiger partial charge in [-0.25, -0.2) is 0 Å². The summed E-state index contributed by atoms with van der Waals surface area (Å²) in [5, 5.41) is 3.07. The number of nitrogens with one attached hydrogen (secondary N) is 1. The fraction of sp³-hybridized carbons (Fsp3) is 0.500. The molecule has 3 aliphatic rings. The molecule has 2 fully saturated rings. The molecule has 5 nitrogen and oxygen atoms in total. The minimum absolute atomic E-state index is 0.0566. The summed E-state index contributed by atoms with van der Waals surface area (Å²) < 4.78 is 0. The van der Waals surface area contributed by atoms with Crippen LogP contribution in [-0.2, 0) is 17.8 Å². The van der Waals surface area contributed by atoms with E-state index in [4.69, 9.17) is 0 Å². The number of amides is 2. The van der Waals surface area contributed by atoms with E-state index in [1.165, 1.54) is 36.8 Å². The van der Waals surface area contributed by atoms with E-state index in [-0.39, 0.29) is 11.8 Å². The van der Waals surface area contributed by atoms with Crippen LogP contribution in [0.2, 0.25) is 0 Å². The topological polar surface area (TPSA) is 52.7 Å². The Morgan fingerprint density at radius 1 is 0.909 bits per heavy atom. The van der Waals surface area contributed by atoms with E-state index in [1.807, 2.05) is 23.1 Å². The van der Waals surface area contributed by atoms with Crippen molar-refractivity contribution in [2.45, 2.75) is 64.3 Å². The molecule has 0 unspecified atom stereocenters. The lowest BCUT2D eigenvalue weighted by molar-refractivity contribution is -0.116. The molecule has 0 atom stereocenters. The molecule has 2 aliphatic heterocycles. The molecule has 5 rings (SSSR count). The van der Waals surface area contributed by atoms with Crippen LogP contribution in [0.5, 0.6) is 0 Å². The van der Waals surface area contributed by atoms with Gasteiger partial charge >= 0.3 is 0 Å². The van der Waals surface area contributed by atoms with Crippen molar-refractivity contribution >= 4 is 23.2 Å². The predicted octanol–water partition coefficient (Wildman–Crippen LogP) is 5.39. The molecule has 2 aromatic rings. The van der Waals surface area contributed by atoms with Crippen LogP contribution in [0, 0.1) is 5.92 Å². The van der Waals surface area contributed by atoms with Crippen molar-refractivity contribution in [3.8, 4) is 0 Å². The Bertz CT molecular complexity index is 1010. The van der Waals surface area contributed by atoms with Gasteiger partial charge in [-0.1, -0.05) is 49.9 Å². The van der Waals surface area contributed by atoms with E-state index in [1.54, 1.807) is 0 Å². The molecule has 33 heavy (non-hydrogen) atoms. The number of fused-ring (bicyclic) bond motifs is 1. The van der Waals surface area contributed by atoms with Gasteiger partial charge in [-0.05, 0) is 60.9 Å². The van der Waals surface area contributed by atoms with Gasteiger partial charge in [0.2, 0.25) is 5.91 Å². The van der Waals surface area contributed by atoms with Crippen LogP contribution in [0.25, 0.3) is 0 Å². The molecule has 2 heterocycles. The van der Waals surface area contributed by atoms with Crippen LogP contribution in [0.15, 0.2) is 42.5 Å². The fourth-order valence-corrected chi connectivity index (χ4v) is 5.71. The third-order valence-electron chi connectivity index (χ3n) is 7.63. The minimum atomic E-state index is 0.0566. The molecule has 1 saturated heterocycles. The van der Waals surface area contributed by atoms with Gasteiger partial charge in [0.1, 0.15) is 0 Å². The fourth-order valence-electron chi connectivity index (χ4n) is 5.71. The van der Waals surface area contributed by atoms with Crippen LogP contribution in [0.4, 0.5) is 11.4 Å². The van der Waals surface area contributed by atoms with Gasteiger partial charge in [0.15, 0.2) is 0 Å². The van der Waals surface area contributed by atoms with Crippen LogP contribution in [0.3, 0.4) is 0 Å². The first-order valence-corrected chi connectivity index (χ1v) is 12.7. The van der Waals surface area contributed by atoms with Gasteiger partial charge in [-0.15, -0.1) is 0 Å². The largest absolute Gasteiger partial charge is 0.366 e. The zero-order chi connectivity index (χ0) is 22.6. The summed E-state index contributed by atoms with van der Waals surface area (Å²) in [5.74, 6) is 0.844. The molecule has 0 bridgehead atoms. The number of carbonyl (C=O) groups excluding carboxylic acids is 2. The number of nitrogens with zero attached hydrogens (tertiary/aromatic N) is 2.